The monoisotopic (exact) mass is 284 g/mol. The van der Waals surface area contributed by atoms with Gasteiger partial charge in [0.25, 0.3) is 0 Å². The van der Waals surface area contributed by atoms with Crippen LogP contribution in [0.15, 0.2) is 0 Å². The molecule has 0 radical (unpaired) electrons. The molecule has 1 amide bonds. The first kappa shape index (κ1) is 17.0. The lowest BCUT2D eigenvalue weighted by atomic mass is 9.94. The lowest BCUT2D eigenvalue weighted by Gasteiger charge is -2.18. The van der Waals surface area contributed by atoms with Crippen molar-refractivity contribution < 1.29 is 14.7 Å². The number of carboxylic acid groups (broad SMARTS) is 1. The predicted octanol–water partition coefficient (Wildman–Crippen LogP) is 1.77. The van der Waals surface area contributed by atoms with Gasteiger partial charge in [-0.25, -0.2) is 0 Å². The highest BCUT2D eigenvalue weighted by Gasteiger charge is 2.28. The molecular weight excluding hydrogens is 256 g/mol. The number of hydrogen-bond donors (Lipinski definition) is 3. The first-order valence-corrected chi connectivity index (χ1v) is 7.77. The van der Waals surface area contributed by atoms with Crippen LogP contribution >= 0.6 is 0 Å². The summed E-state index contributed by atoms with van der Waals surface area (Å²) in [4.78, 5) is 22.6. The number of carboxylic acids is 1. The Kier molecular flexibility index (Phi) is 7.59. The van der Waals surface area contributed by atoms with E-state index in [1.54, 1.807) is 0 Å². The molecule has 20 heavy (non-hydrogen) atoms. The van der Waals surface area contributed by atoms with E-state index in [9.17, 15) is 9.59 Å². The summed E-state index contributed by atoms with van der Waals surface area (Å²) >= 11 is 0. The molecule has 0 bridgehead atoms. The number of rotatable bonds is 9. The smallest absolute Gasteiger partial charge is 0.303 e. The van der Waals surface area contributed by atoms with Crippen molar-refractivity contribution in [3.63, 3.8) is 0 Å². The van der Waals surface area contributed by atoms with Gasteiger partial charge >= 0.3 is 5.97 Å². The molecule has 1 aliphatic heterocycles. The quantitative estimate of drug-likeness (QED) is 0.603. The third-order valence-electron chi connectivity index (χ3n) is 4.18. The van der Waals surface area contributed by atoms with Crippen molar-refractivity contribution in [3.05, 3.63) is 0 Å². The number of nitrogens with one attached hydrogen (secondary N) is 2. The first-order valence-electron chi connectivity index (χ1n) is 7.77. The summed E-state index contributed by atoms with van der Waals surface area (Å²) in [6.07, 6.45) is 4.81. The zero-order chi connectivity index (χ0) is 15.0. The number of carbonyl (C=O) groups is 2. The maximum atomic E-state index is 12.0. The summed E-state index contributed by atoms with van der Waals surface area (Å²) in [7, 11) is 0. The summed E-state index contributed by atoms with van der Waals surface area (Å²) in [6.45, 7) is 5.73. The van der Waals surface area contributed by atoms with Crippen molar-refractivity contribution in [2.45, 2.75) is 58.4 Å². The van der Waals surface area contributed by atoms with E-state index >= 15 is 0 Å². The van der Waals surface area contributed by atoms with Gasteiger partial charge < -0.3 is 15.7 Å². The molecule has 0 aliphatic carbocycles. The number of carbonyl (C=O) groups excluding carboxylic acids is 1. The molecule has 0 spiro atoms. The van der Waals surface area contributed by atoms with Gasteiger partial charge in [-0.05, 0) is 38.6 Å². The van der Waals surface area contributed by atoms with E-state index in [0.29, 0.717) is 18.9 Å². The van der Waals surface area contributed by atoms with Gasteiger partial charge in [0.1, 0.15) is 0 Å². The van der Waals surface area contributed by atoms with Crippen LogP contribution in [0.5, 0.6) is 0 Å². The summed E-state index contributed by atoms with van der Waals surface area (Å²) in [5.74, 6) is -0.119. The lowest BCUT2D eigenvalue weighted by molar-refractivity contribution is -0.137. The van der Waals surface area contributed by atoms with E-state index in [4.69, 9.17) is 5.11 Å². The number of amides is 1. The fourth-order valence-corrected chi connectivity index (χ4v) is 2.92. The van der Waals surface area contributed by atoms with E-state index in [1.165, 1.54) is 0 Å². The third-order valence-corrected chi connectivity index (χ3v) is 4.18. The third kappa shape index (κ3) is 5.90. The SMILES string of the molecule is CCCC(CCNC(=O)C1CCNC1C)CCC(=O)O. The van der Waals surface area contributed by atoms with Gasteiger partial charge in [-0.15, -0.1) is 0 Å². The van der Waals surface area contributed by atoms with Crippen LogP contribution in [0.4, 0.5) is 0 Å². The summed E-state index contributed by atoms with van der Waals surface area (Å²) in [5, 5.41) is 15.0. The second-order valence-electron chi connectivity index (χ2n) is 5.80. The van der Waals surface area contributed by atoms with E-state index < -0.39 is 5.97 Å². The Morgan fingerprint density at radius 1 is 1.35 bits per heavy atom. The molecule has 0 aromatic rings. The van der Waals surface area contributed by atoms with Crippen LogP contribution in [0.3, 0.4) is 0 Å². The number of aliphatic carboxylic acids is 1. The van der Waals surface area contributed by atoms with Crippen LogP contribution < -0.4 is 10.6 Å². The van der Waals surface area contributed by atoms with Crippen LogP contribution in [-0.4, -0.2) is 36.1 Å². The zero-order valence-corrected chi connectivity index (χ0v) is 12.7. The average molecular weight is 284 g/mol. The zero-order valence-electron chi connectivity index (χ0n) is 12.7. The van der Waals surface area contributed by atoms with Crippen molar-refractivity contribution in [3.8, 4) is 0 Å². The molecule has 5 heteroatoms. The molecule has 5 nitrogen and oxygen atoms in total. The average Bonchev–Trinajstić information content (AvgIpc) is 2.82. The van der Waals surface area contributed by atoms with Gasteiger partial charge in [0, 0.05) is 19.0 Å². The van der Waals surface area contributed by atoms with Crippen molar-refractivity contribution in [1.82, 2.24) is 10.6 Å². The fraction of sp³-hybridized carbons (Fsp3) is 0.867. The minimum absolute atomic E-state index is 0.0821. The molecule has 3 unspecified atom stereocenters. The summed E-state index contributed by atoms with van der Waals surface area (Å²) < 4.78 is 0. The standard InChI is InChI=1S/C15H28N2O3/c1-3-4-12(5-6-14(18)19)7-9-17-15(20)13-8-10-16-11(13)2/h11-13,16H,3-10H2,1-2H3,(H,17,20)(H,18,19). The van der Waals surface area contributed by atoms with Crippen LogP contribution in [-0.2, 0) is 9.59 Å². The van der Waals surface area contributed by atoms with Gasteiger partial charge in [0.15, 0.2) is 0 Å². The Morgan fingerprint density at radius 3 is 2.65 bits per heavy atom. The van der Waals surface area contributed by atoms with Gasteiger partial charge in [0.2, 0.25) is 5.91 Å². The molecular formula is C15H28N2O3. The van der Waals surface area contributed by atoms with Crippen molar-refractivity contribution in [2.75, 3.05) is 13.1 Å². The highest BCUT2D eigenvalue weighted by atomic mass is 16.4. The van der Waals surface area contributed by atoms with Crippen LogP contribution in [0, 0.1) is 11.8 Å². The molecule has 0 saturated carbocycles. The Bertz CT molecular complexity index is 320. The molecule has 1 aliphatic rings. The predicted molar refractivity (Wildman–Crippen MR) is 78.5 cm³/mol. The Balaban J connectivity index is 2.25. The van der Waals surface area contributed by atoms with Gasteiger partial charge in [-0.2, -0.15) is 0 Å². The Hall–Kier alpha value is -1.10. The van der Waals surface area contributed by atoms with Gasteiger partial charge in [-0.1, -0.05) is 19.8 Å². The first-order chi connectivity index (χ1) is 9.54. The second-order valence-corrected chi connectivity index (χ2v) is 5.80. The minimum atomic E-state index is -0.735. The largest absolute Gasteiger partial charge is 0.481 e. The molecule has 0 aromatic heterocycles. The molecule has 1 rings (SSSR count). The van der Waals surface area contributed by atoms with Crippen molar-refractivity contribution >= 4 is 11.9 Å². The molecule has 3 atom stereocenters. The minimum Gasteiger partial charge on any atom is -0.481 e. The van der Waals surface area contributed by atoms with Gasteiger partial charge in [-0.3, -0.25) is 9.59 Å². The van der Waals surface area contributed by atoms with Crippen LogP contribution in [0.1, 0.15) is 52.4 Å². The molecule has 1 saturated heterocycles. The molecule has 3 N–H and O–H groups in total. The maximum Gasteiger partial charge on any atom is 0.303 e. The summed E-state index contributed by atoms with van der Waals surface area (Å²) in [6, 6.07) is 0.258. The van der Waals surface area contributed by atoms with E-state index in [1.807, 2.05) is 6.92 Å². The van der Waals surface area contributed by atoms with Crippen molar-refractivity contribution in [2.24, 2.45) is 11.8 Å². The van der Waals surface area contributed by atoms with E-state index in [-0.39, 0.29) is 24.3 Å². The maximum absolute atomic E-state index is 12.0. The normalized spacial score (nSPS) is 23.5. The highest BCUT2D eigenvalue weighted by molar-refractivity contribution is 5.79. The van der Waals surface area contributed by atoms with E-state index in [0.717, 1.165) is 32.2 Å². The molecule has 1 heterocycles. The number of hydrogen-bond acceptors (Lipinski definition) is 3. The van der Waals surface area contributed by atoms with Gasteiger partial charge in [0.05, 0.1) is 5.92 Å². The summed E-state index contributed by atoms with van der Waals surface area (Å²) in [5.41, 5.74) is 0. The Morgan fingerprint density at radius 2 is 2.10 bits per heavy atom. The second kappa shape index (κ2) is 8.95. The van der Waals surface area contributed by atoms with Crippen molar-refractivity contribution in [1.29, 1.82) is 0 Å². The fourth-order valence-electron chi connectivity index (χ4n) is 2.92. The molecule has 0 aromatic carbocycles. The van der Waals surface area contributed by atoms with Crippen LogP contribution in [0.2, 0.25) is 0 Å². The van der Waals surface area contributed by atoms with Crippen LogP contribution in [0.25, 0.3) is 0 Å². The molecule has 116 valence electrons. The topological polar surface area (TPSA) is 78.4 Å². The van der Waals surface area contributed by atoms with E-state index in [2.05, 4.69) is 17.6 Å². The highest BCUT2D eigenvalue weighted by Crippen LogP contribution is 2.18. The lowest BCUT2D eigenvalue weighted by Crippen LogP contribution is -2.37. The Labute approximate surface area is 121 Å². The molecule has 1 fully saturated rings.